The number of esters is 1. The molecule has 1 amide bonds. The highest BCUT2D eigenvalue weighted by Crippen LogP contribution is 2.15. The van der Waals surface area contributed by atoms with Crippen LogP contribution in [0.25, 0.3) is 0 Å². The number of unbranched alkanes of at least 4 members (excludes halogenated alkanes) is 25. The van der Waals surface area contributed by atoms with E-state index in [0.29, 0.717) is 13.0 Å². The summed E-state index contributed by atoms with van der Waals surface area (Å²) < 4.78 is 5.03. The summed E-state index contributed by atoms with van der Waals surface area (Å²) in [6.07, 6.45) is 26.1. The van der Waals surface area contributed by atoms with E-state index < -0.39 is 42.9 Å². The molecule has 0 aromatic rings. The first-order chi connectivity index (χ1) is 22.3. The van der Waals surface area contributed by atoms with Crippen molar-refractivity contribution in [2.75, 3.05) is 13.2 Å². The Bertz CT molecular complexity index is 677. The van der Waals surface area contributed by atoms with Crippen molar-refractivity contribution in [3.05, 3.63) is 0 Å². The summed E-state index contributed by atoms with van der Waals surface area (Å²) in [7, 11) is 0. The molecule has 4 atom stereocenters. The lowest BCUT2D eigenvalue weighted by molar-refractivity contribution is -0.159. The molecular weight excluding hydrogens is 582 g/mol. The summed E-state index contributed by atoms with van der Waals surface area (Å²) in [5, 5.41) is 43.2. The van der Waals surface area contributed by atoms with Gasteiger partial charge in [-0.2, -0.15) is 0 Å². The highest BCUT2D eigenvalue weighted by atomic mass is 16.5. The van der Waals surface area contributed by atoms with Crippen molar-refractivity contribution in [3.63, 3.8) is 0 Å². The largest absolute Gasteiger partial charge is 0.463 e. The lowest BCUT2D eigenvalue weighted by Gasteiger charge is -2.25. The molecule has 0 saturated heterocycles. The third-order valence-corrected chi connectivity index (χ3v) is 9.07. The second kappa shape index (κ2) is 33.7. The maximum Gasteiger partial charge on any atom is 0.305 e. The van der Waals surface area contributed by atoms with Crippen LogP contribution >= 0.6 is 0 Å². The average molecular weight is 658 g/mol. The second-order valence-electron chi connectivity index (χ2n) is 13.6. The highest BCUT2D eigenvalue weighted by molar-refractivity contribution is 5.81. The second-order valence-corrected chi connectivity index (χ2v) is 13.6. The van der Waals surface area contributed by atoms with Crippen molar-refractivity contribution >= 4 is 11.9 Å². The van der Waals surface area contributed by atoms with Crippen LogP contribution in [0.1, 0.15) is 194 Å². The van der Waals surface area contributed by atoms with Crippen molar-refractivity contribution < 1.29 is 34.8 Å². The van der Waals surface area contributed by atoms with Crippen molar-refractivity contribution in [2.45, 2.75) is 218 Å². The van der Waals surface area contributed by atoms with Crippen molar-refractivity contribution in [3.8, 4) is 0 Å². The van der Waals surface area contributed by atoms with Gasteiger partial charge in [-0.1, -0.05) is 174 Å². The van der Waals surface area contributed by atoms with E-state index in [0.717, 1.165) is 32.1 Å². The fourth-order valence-corrected chi connectivity index (χ4v) is 5.84. The Morgan fingerprint density at radius 2 is 0.848 bits per heavy atom. The molecule has 4 unspecified atom stereocenters. The number of hydrogen-bond acceptors (Lipinski definition) is 7. The molecule has 0 aliphatic rings. The number of nitrogens with one attached hydrogen (secondary N) is 1. The first-order valence-corrected chi connectivity index (χ1v) is 19.5. The van der Waals surface area contributed by atoms with Crippen LogP contribution in [0.15, 0.2) is 0 Å². The molecule has 0 fully saturated rings. The Kier molecular flexibility index (Phi) is 32.8. The minimum atomic E-state index is -1.90. The highest BCUT2D eigenvalue weighted by Gasteiger charge is 2.34. The topological polar surface area (TPSA) is 136 Å². The molecule has 5 N–H and O–H groups in total. The summed E-state index contributed by atoms with van der Waals surface area (Å²) in [4.78, 5) is 24.2. The molecule has 8 nitrogen and oxygen atoms in total. The van der Waals surface area contributed by atoms with Crippen LogP contribution in [-0.2, 0) is 14.3 Å². The molecule has 0 radical (unpaired) electrons. The molecule has 0 aromatic carbocycles. The van der Waals surface area contributed by atoms with Gasteiger partial charge < -0.3 is 30.5 Å². The smallest absolute Gasteiger partial charge is 0.305 e. The quantitative estimate of drug-likeness (QED) is 0.0344. The Hall–Kier alpha value is -1.22. The summed E-state index contributed by atoms with van der Waals surface area (Å²) in [6.45, 7) is 4.34. The zero-order chi connectivity index (χ0) is 34.1. The lowest BCUT2D eigenvalue weighted by Crippen LogP contribution is -2.52. The molecule has 0 saturated carbocycles. The first-order valence-electron chi connectivity index (χ1n) is 19.5. The molecule has 0 aromatic heterocycles. The third kappa shape index (κ3) is 27.9. The molecule has 0 spiro atoms. The van der Waals surface area contributed by atoms with Gasteiger partial charge in [0.15, 0.2) is 6.10 Å². The zero-order valence-electron chi connectivity index (χ0n) is 30.0. The summed E-state index contributed by atoms with van der Waals surface area (Å²) >= 11 is 0. The van der Waals surface area contributed by atoms with E-state index in [4.69, 9.17) is 4.74 Å². The van der Waals surface area contributed by atoms with Gasteiger partial charge in [0.2, 0.25) is 0 Å². The summed E-state index contributed by atoms with van der Waals surface area (Å²) in [6, 6.07) is 0. The number of aliphatic hydroxyl groups is 4. The van der Waals surface area contributed by atoms with Gasteiger partial charge in [0.05, 0.1) is 0 Å². The fraction of sp³-hybridized carbons (Fsp3) is 0.947. The number of amides is 1. The zero-order valence-corrected chi connectivity index (χ0v) is 30.0. The van der Waals surface area contributed by atoms with Gasteiger partial charge in [0.1, 0.15) is 24.9 Å². The van der Waals surface area contributed by atoms with E-state index in [9.17, 15) is 30.0 Å². The molecule has 8 heteroatoms. The van der Waals surface area contributed by atoms with E-state index in [-0.39, 0.29) is 6.42 Å². The van der Waals surface area contributed by atoms with Crippen LogP contribution in [-0.4, -0.2) is 69.9 Å². The predicted molar refractivity (Wildman–Crippen MR) is 189 cm³/mol. The van der Waals surface area contributed by atoms with E-state index in [1.165, 1.54) is 135 Å². The lowest BCUT2D eigenvalue weighted by atomic mass is 10.0. The van der Waals surface area contributed by atoms with Crippen molar-refractivity contribution in [1.82, 2.24) is 5.32 Å². The van der Waals surface area contributed by atoms with E-state index in [2.05, 4.69) is 19.2 Å². The van der Waals surface area contributed by atoms with Crippen LogP contribution in [0.4, 0.5) is 0 Å². The molecule has 0 aliphatic heterocycles. The first kappa shape index (κ1) is 44.8. The van der Waals surface area contributed by atoms with Gasteiger partial charge >= 0.3 is 5.97 Å². The monoisotopic (exact) mass is 658 g/mol. The van der Waals surface area contributed by atoms with Gasteiger partial charge in [-0.25, -0.2) is 0 Å². The third-order valence-electron chi connectivity index (χ3n) is 9.07. The van der Waals surface area contributed by atoms with Crippen LogP contribution in [0.3, 0.4) is 0 Å². The number of carbonyl (C=O) groups is 2. The van der Waals surface area contributed by atoms with Gasteiger partial charge in [0.25, 0.3) is 5.91 Å². The minimum Gasteiger partial charge on any atom is -0.463 e. The average Bonchev–Trinajstić information content (AvgIpc) is 3.06. The predicted octanol–water partition coefficient (Wildman–Crippen LogP) is 8.05. The molecule has 274 valence electrons. The Morgan fingerprint density at radius 3 is 1.24 bits per heavy atom. The molecule has 0 aliphatic carbocycles. The number of ether oxygens (including phenoxy) is 1. The maximum absolute atomic E-state index is 12.2. The van der Waals surface area contributed by atoms with Crippen LogP contribution in [0.5, 0.6) is 0 Å². The fourth-order valence-electron chi connectivity index (χ4n) is 5.84. The van der Waals surface area contributed by atoms with Gasteiger partial charge in [-0.3, -0.25) is 9.59 Å². The standard InChI is InChI=1S/C38H75NO7/c1-3-5-7-9-11-13-15-16-17-18-19-21-23-25-27-29-31-39-38(45)37(44)36(43)35(42)33(40)32-46-34(41)30-28-26-24-22-20-14-12-10-8-6-4-2/h33,35-37,40,42-44H,3-32H2,1-2H3,(H,39,45). The van der Waals surface area contributed by atoms with Crippen LogP contribution in [0.2, 0.25) is 0 Å². The number of rotatable bonds is 35. The van der Waals surface area contributed by atoms with Crippen molar-refractivity contribution in [1.29, 1.82) is 0 Å². The van der Waals surface area contributed by atoms with Gasteiger partial charge in [0, 0.05) is 13.0 Å². The van der Waals surface area contributed by atoms with E-state index in [1.54, 1.807) is 0 Å². The molecule has 0 rings (SSSR count). The normalized spacial score (nSPS) is 14.1. The molecule has 46 heavy (non-hydrogen) atoms. The number of aliphatic hydroxyl groups excluding tert-OH is 4. The van der Waals surface area contributed by atoms with Crippen LogP contribution < -0.4 is 5.32 Å². The van der Waals surface area contributed by atoms with E-state index in [1.807, 2.05) is 0 Å². The maximum atomic E-state index is 12.2. The number of hydrogen-bond donors (Lipinski definition) is 5. The molecule has 0 bridgehead atoms. The SMILES string of the molecule is CCCCCCCCCCCCCCCCCCNC(=O)C(O)C(O)C(O)C(O)COC(=O)CCCCCCCCCCCCC. The Labute approximate surface area is 282 Å². The van der Waals surface area contributed by atoms with Gasteiger partial charge in [-0.15, -0.1) is 0 Å². The Balaban J connectivity index is 3.74. The molecular formula is C38H75NO7. The summed E-state index contributed by atoms with van der Waals surface area (Å²) in [5.74, 6) is -1.28. The van der Waals surface area contributed by atoms with Crippen molar-refractivity contribution in [2.24, 2.45) is 0 Å². The Morgan fingerprint density at radius 1 is 0.500 bits per heavy atom. The molecule has 0 heterocycles. The van der Waals surface area contributed by atoms with Gasteiger partial charge in [-0.05, 0) is 12.8 Å². The van der Waals surface area contributed by atoms with E-state index >= 15 is 0 Å². The minimum absolute atomic E-state index is 0.229. The van der Waals surface area contributed by atoms with Crippen LogP contribution in [0, 0.1) is 0 Å². The number of carbonyl (C=O) groups excluding carboxylic acids is 2. The summed E-state index contributed by atoms with van der Waals surface area (Å²) in [5.41, 5.74) is 0.